The molecule has 2 amide bonds. The molecule has 0 spiro atoms. The van der Waals surface area contributed by atoms with Gasteiger partial charge in [-0.1, -0.05) is 6.92 Å². The second kappa shape index (κ2) is 7.99. The number of hydrogen-bond donors (Lipinski definition) is 2. The molecule has 0 aromatic carbocycles. The van der Waals surface area contributed by atoms with Crippen LogP contribution in [0.15, 0.2) is 0 Å². The Kier molecular flexibility index (Phi) is 6.62. The monoisotopic (exact) mass is 272 g/mol. The van der Waals surface area contributed by atoms with E-state index in [1.54, 1.807) is 12.0 Å². The number of amides is 2. The van der Waals surface area contributed by atoms with Gasteiger partial charge < -0.3 is 20.1 Å². The van der Waals surface area contributed by atoms with Crippen molar-refractivity contribution in [2.45, 2.75) is 26.2 Å². The number of urea groups is 1. The molecule has 110 valence electrons. The maximum Gasteiger partial charge on any atom is 0.317 e. The Bertz CT molecular complexity index is 301. The summed E-state index contributed by atoms with van der Waals surface area (Å²) in [5.74, 6) is -0.338. The van der Waals surface area contributed by atoms with Crippen LogP contribution in [0.5, 0.6) is 0 Å². The minimum absolute atomic E-state index is 0.0486. The first-order valence-corrected chi connectivity index (χ1v) is 6.76. The molecule has 19 heavy (non-hydrogen) atoms. The van der Waals surface area contributed by atoms with Gasteiger partial charge in [0.05, 0.1) is 0 Å². The summed E-state index contributed by atoms with van der Waals surface area (Å²) in [7, 11) is 1.70. The van der Waals surface area contributed by atoms with Crippen molar-refractivity contribution in [1.82, 2.24) is 10.2 Å². The van der Waals surface area contributed by atoms with Crippen LogP contribution in [-0.4, -0.2) is 55.4 Å². The molecule has 1 fully saturated rings. The van der Waals surface area contributed by atoms with Gasteiger partial charge in [-0.25, -0.2) is 4.79 Å². The topological polar surface area (TPSA) is 78.9 Å². The third-order valence-corrected chi connectivity index (χ3v) is 3.43. The Morgan fingerprint density at radius 1 is 1.42 bits per heavy atom. The van der Waals surface area contributed by atoms with Crippen molar-refractivity contribution in [3.8, 4) is 0 Å². The number of rotatable bonds is 6. The number of ether oxygens (including phenoxy) is 1. The second-order valence-electron chi connectivity index (χ2n) is 5.27. The van der Waals surface area contributed by atoms with Gasteiger partial charge in [0.2, 0.25) is 0 Å². The molecule has 6 nitrogen and oxygen atoms in total. The molecule has 1 aliphatic rings. The maximum atomic E-state index is 11.9. The second-order valence-corrected chi connectivity index (χ2v) is 5.27. The average molecular weight is 272 g/mol. The summed E-state index contributed by atoms with van der Waals surface area (Å²) < 4.78 is 5.12. The van der Waals surface area contributed by atoms with Crippen molar-refractivity contribution in [3.63, 3.8) is 0 Å². The fourth-order valence-corrected chi connectivity index (χ4v) is 2.28. The quantitative estimate of drug-likeness (QED) is 0.760. The van der Waals surface area contributed by atoms with Crippen LogP contribution in [0, 0.1) is 11.8 Å². The number of nitrogens with one attached hydrogen (secondary N) is 1. The summed E-state index contributed by atoms with van der Waals surface area (Å²) in [6, 6.07) is -0.0897. The molecule has 1 heterocycles. The van der Waals surface area contributed by atoms with E-state index in [-0.39, 0.29) is 18.4 Å². The summed E-state index contributed by atoms with van der Waals surface area (Å²) >= 11 is 0. The van der Waals surface area contributed by atoms with Crippen LogP contribution in [0.2, 0.25) is 0 Å². The predicted octanol–water partition coefficient (Wildman–Crippen LogP) is 1.17. The van der Waals surface area contributed by atoms with Crippen LogP contribution in [0.4, 0.5) is 4.79 Å². The van der Waals surface area contributed by atoms with Gasteiger partial charge in [0.15, 0.2) is 0 Å². The fourth-order valence-electron chi connectivity index (χ4n) is 2.28. The number of aliphatic carboxylic acids is 1. The SMILES string of the molecule is COCC1CCN(C(=O)NCC(C)CC(=O)O)CC1. The van der Waals surface area contributed by atoms with Gasteiger partial charge in [-0.05, 0) is 24.7 Å². The van der Waals surface area contributed by atoms with E-state index in [1.807, 2.05) is 6.92 Å². The Morgan fingerprint density at radius 3 is 2.58 bits per heavy atom. The van der Waals surface area contributed by atoms with Crippen LogP contribution in [0.25, 0.3) is 0 Å². The van der Waals surface area contributed by atoms with E-state index >= 15 is 0 Å². The number of piperidine rings is 1. The molecule has 1 aliphatic heterocycles. The lowest BCUT2D eigenvalue weighted by molar-refractivity contribution is -0.137. The molecule has 2 N–H and O–H groups in total. The molecule has 1 unspecified atom stereocenters. The number of hydrogen-bond acceptors (Lipinski definition) is 3. The summed E-state index contributed by atoms with van der Waals surface area (Å²) in [4.78, 5) is 24.2. The van der Waals surface area contributed by atoms with E-state index in [9.17, 15) is 9.59 Å². The Hall–Kier alpha value is -1.30. The van der Waals surface area contributed by atoms with E-state index < -0.39 is 5.97 Å². The molecule has 6 heteroatoms. The first-order chi connectivity index (χ1) is 9.02. The minimum Gasteiger partial charge on any atom is -0.481 e. The summed E-state index contributed by atoms with van der Waals surface area (Å²) in [6.07, 6.45) is 2.01. The van der Waals surface area contributed by atoms with E-state index in [4.69, 9.17) is 9.84 Å². The number of methoxy groups -OCH3 is 1. The third-order valence-electron chi connectivity index (χ3n) is 3.43. The number of carbonyl (C=O) groups is 2. The zero-order valence-corrected chi connectivity index (χ0v) is 11.7. The molecule has 0 saturated carbocycles. The number of carboxylic acid groups (broad SMARTS) is 1. The van der Waals surface area contributed by atoms with Gasteiger partial charge in [0.1, 0.15) is 0 Å². The van der Waals surface area contributed by atoms with Crippen molar-refractivity contribution in [2.75, 3.05) is 33.4 Å². The van der Waals surface area contributed by atoms with E-state index in [0.29, 0.717) is 12.5 Å². The first kappa shape index (κ1) is 15.8. The van der Waals surface area contributed by atoms with Gasteiger partial charge in [0, 0.05) is 39.8 Å². The molecular formula is C13H24N2O4. The number of carboxylic acids is 1. The maximum absolute atomic E-state index is 11.9. The number of carbonyl (C=O) groups excluding carboxylic acids is 1. The van der Waals surface area contributed by atoms with Crippen molar-refractivity contribution in [1.29, 1.82) is 0 Å². The first-order valence-electron chi connectivity index (χ1n) is 6.76. The molecule has 1 saturated heterocycles. The molecule has 0 aromatic rings. The third kappa shape index (κ3) is 5.92. The fraction of sp³-hybridized carbons (Fsp3) is 0.846. The van der Waals surface area contributed by atoms with Gasteiger partial charge >= 0.3 is 12.0 Å². The highest BCUT2D eigenvalue weighted by Gasteiger charge is 2.22. The lowest BCUT2D eigenvalue weighted by Crippen LogP contribution is -2.46. The number of likely N-dealkylation sites (tertiary alicyclic amines) is 1. The van der Waals surface area contributed by atoms with Crippen molar-refractivity contribution in [2.24, 2.45) is 11.8 Å². The average Bonchev–Trinajstić information content (AvgIpc) is 2.36. The van der Waals surface area contributed by atoms with Gasteiger partial charge in [-0.3, -0.25) is 4.79 Å². The van der Waals surface area contributed by atoms with E-state index in [0.717, 1.165) is 32.5 Å². The standard InChI is InChI=1S/C13H24N2O4/c1-10(7-12(16)17)8-14-13(18)15-5-3-11(4-6-15)9-19-2/h10-11H,3-9H2,1-2H3,(H,14,18)(H,16,17). The normalized spacial score (nSPS) is 18.1. The zero-order valence-electron chi connectivity index (χ0n) is 11.7. The van der Waals surface area contributed by atoms with Gasteiger partial charge in [-0.2, -0.15) is 0 Å². The molecule has 0 aromatic heterocycles. The Labute approximate surface area is 114 Å². The van der Waals surface area contributed by atoms with E-state index in [1.165, 1.54) is 0 Å². The van der Waals surface area contributed by atoms with Crippen molar-refractivity contribution >= 4 is 12.0 Å². The molecule has 1 atom stereocenters. The molecule has 0 aliphatic carbocycles. The van der Waals surface area contributed by atoms with Gasteiger partial charge in [-0.15, -0.1) is 0 Å². The van der Waals surface area contributed by atoms with Gasteiger partial charge in [0.25, 0.3) is 0 Å². The van der Waals surface area contributed by atoms with Crippen LogP contribution in [-0.2, 0) is 9.53 Å². The van der Waals surface area contributed by atoms with Crippen molar-refractivity contribution < 1.29 is 19.4 Å². The highest BCUT2D eigenvalue weighted by Crippen LogP contribution is 2.17. The lowest BCUT2D eigenvalue weighted by Gasteiger charge is -2.31. The summed E-state index contributed by atoms with van der Waals surface area (Å²) in [5.41, 5.74) is 0. The van der Waals surface area contributed by atoms with Crippen LogP contribution < -0.4 is 5.32 Å². The minimum atomic E-state index is -0.831. The largest absolute Gasteiger partial charge is 0.481 e. The highest BCUT2D eigenvalue weighted by molar-refractivity contribution is 5.74. The smallest absolute Gasteiger partial charge is 0.317 e. The number of nitrogens with zero attached hydrogens (tertiary/aromatic N) is 1. The highest BCUT2D eigenvalue weighted by atomic mass is 16.5. The Morgan fingerprint density at radius 2 is 2.05 bits per heavy atom. The summed E-state index contributed by atoms with van der Waals surface area (Å²) in [6.45, 7) is 4.47. The lowest BCUT2D eigenvalue weighted by atomic mass is 9.98. The van der Waals surface area contributed by atoms with E-state index in [2.05, 4.69) is 5.32 Å². The molecule has 0 bridgehead atoms. The Balaban J connectivity index is 2.22. The van der Waals surface area contributed by atoms with Crippen molar-refractivity contribution in [3.05, 3.63) is 0 Å². The van der Waals surface area contributed by atoms with Crippen LogP contribution in [0.1, 0.15) is 26.2 Å². The predicted molar refractivity (Wildman–Crippen MR) is 71.0 cm³/mol. The zero-order chi connectivity index (χ0) is 14.3. The molecular weight excluding hydrogens is 248 g/mol. The molecule has 0 radical (unpaired) electrons. The van der Waals surface area contributed by atoms with Crippen LogP contribution >= 0.6 is 0 Å². The summed E-state index contributed by atoms with van der Waals surface area (Å²) in [5, 5.41) is 11.4. The molecule has 1 rings (SSSR count). The van der Waals surface area contributed by atoms with Crippen LogP contribution in [0.3, 0.4) is 0 Å².